The van der Waals surface area contributed by atoms with Crippen molar-refractivity contribution in [2.24, 2.45) is 0 Å². The molecule has 4 N–H and O–H groups in total. The molecule has 0 bridgehead atoms. The second-order valence-corrected chi connectivity index (χ2v) is 15.2. The van der Waals surface area contributed by atoms with E-state index < -0.39 is 45.2 Å². The lowest BCUT2D eigenvalue weighted by molar-refractivity contribution is -0.0551. The predicted octanol–water partition coefficient (Wildman–Crippen LogP) is 7.87. The number of ether oxygens (including phenoxy) is 3. The summed E-state index contributed by atoms with van der Waals surface area (Å²) in [5.74, 6) is -0.392. The number of nitrogen functional groups attached to an aromatic ring is 1. The number of halogens is 1. The number of phosphoric acid groups is 1. The zero-order chi connectivity index (χ0) is 40.4. The number of nitrogens with zero attached hydrogens (tertiary/aromatic N) is 5. The number of aromatic nitrogens is 3. The number of anilines is 1. The molecule has 0 aliphatic heterocycles. The first-order chi connectivity index (χ1) is 27.2. The highest BCUT2D eigenvalue weighted by Gasteiger charge is 2.30. The van der Waals surface area contributed by atoms with Crippen LogP contribution in [-0.4, -0.2) is 69.3 Å². The van der Waals surface area contributed by atoms with Gasteiger partial charge >= 0.3 is 7.82 Å². The molecule has 2 aromatic heterocycles. The number of rotatable bonds is 31. The van der Waals surface area contributed by atoms with Gasteiger partial charge in [-0.15, -0.1) is 0 Å². The van der Waals surface area contributed by atoms with Crippen molar-refractivity contribution < 1.29 is 42.2 Å². The first-order valence-corrected chi connectivity index (χ1v) is 21.1. The molecule has 0 saturated heterocycles. The third-order valence-corrected chi connectivity index (χ3v) is 10.1. The highest BCUT2D eigenvalue weighted by molar-refractivity contribution is 7.47. The summed E-state index contributed by atoms with van der Waals surface area (Å²) in [7, 11) is -4.77. The van der Waals surface area contributed by atoms with E-state index in [1.165, 1.54) is 87.0 Å². The maximum atomic E-state index is 14.5. The Morgan fingerprint density at radius 2 is 1.62 bits per heavy atom. The number of fused-ring (bicyclic) bond motifs is 1. The molecule has 56 heavy (non-hydrogen) atoms. The molecule has 0 amide bonds. The maximum absolute atomic E-state index is 14.5. The van der Waals surface area contributed by atoms with Crippen molar-refractivity contribution in [1.82, 2.24) is 14.6 Å². The highest BCUT2D eigenvalue weighted by atomic mass is 31.2. The summed E-state index contributed by atoms with van der Waals surface area (Å²) in [4.78, 5) is 14.4. The molecule has 308 valence electrons. The normalized spacial score (nSPS) is 14.3. The number of allylic oxidation sites excluding steroid dienone is 2. The van der Waals surface area contributed by atoms with E-state index in [1.54, 1.807) is 12.1 Å². The number of phosphoric ester groups is 1. The molecule has 3 rings (SSSR count). The summed E-state index contributed by atoms with van der Waals surface area (Å²) in [6.45, 7) is 1.32. The van der Waals surface area contributed by atoms with Crippen LogP contribution < -0.4 is 5.73 Å². The lowest BCUT2D eigenvalue weighted by Crippen LogP contribution is -2.34. The van der Waals surface area contributed by atoms with Gasteiger partial charge in [-0.1, -0.05) is 82.9 Å². The van der Waals surface area contributed by atoms with E-state index in [-0.39, 0.29) is 36.6 Å². The largest absolute Gasteiger partial charge is 0.472 e. The fourth-order valence-corrected chi connectivity index (χ4v) is 6.70. The number of aliphatic hydroxyl groups is 1. The fraction of sp³-hybridized carbons (Fsp3) is 0.600. The van der Waals surface area contributed by atoms with Crippen LogP contribution in [0.5, 0.6) is 0 Å². The van der Waals surface area contributed by atoms with Gasteiger partial charge in [0.2, 0.25) is 0 Å². The molecule has 14 nitrogen and oxygen atoms in total. The number of benzene rings is 1. The van der Waals surface area contributed by atoms with Crippen molar-refractivity contribution in [2.45, 2.75) is 128 Å². The van der Waals surface area contributed by atoms with Crippen molar-refractivity contribution in [3.63, 3.8) is 0 Å². The smallest absolute Gasteiger partial charge is 0.419 e. The molecule has 0 radical (unpaired) electrons. The van der Waals surface area contributed by atoms with Crippen molar-refractivity contribution in [2.75, 3.05) is 32.2 Å². The van der Waals surface area contributed by atoms with Crippen LogP contribution in [0.15, 0.2) is 48.8 Å². The number of unbranched alkanes of at least 4 members (excludes halogenated alkanes) is 12. The van der Waals surface area contributed by atoms with Crippen LogP contribution in [0.25, 0.3) is 5.52 Å². The second kappa shape index (κ2) is 26.8. The van der Waals surface area contributed by atoms with E-state index in [9.17, 15) is 19.0 Å². The molecule has 16 heteroatoms. The molecule has 0 aliphatic carbocycles. The first kappa shape index (κ1) is 46.5. The van der Waals surface area contributed by atoms with Crippen molar-refractivity contribution in [1.29, 1.82) is 10.5 Å². The summed E-state index contributed by atoms with van der Waals surface area (Å²) in [5, 5.41) is 33.1. The summed E-state index contributed by atoms with van der Waals surface area (Å²) in [5.41, 5.74) is 7.25. The maximum Gasteiger partial charge on any atom is 0.472 e. The molecular weight excluding hydrogens is 742 g/mol. The summed E-state index contributed by atoms with van der Waals surface area (Å²) in [6.07, 6.45) is 20.4. The molecule has 1 unspecified atom stereocenters. The third kappa shape index (κ3) is 17.9. The second-order valence-electron chi connectivity index (χ2n) is 13.7. The van der Waals surface area contributed by atoms with Crippen LogP contribution in [0.1, 0.15) is 114 Å². The van der Waals surface area contributed by atoms with Gasteiger partial charge in [-0.3, -0.25) is 9.05 Å². The number of aliphatic hydroxyl groups excluding tert-OH is 1. The Morgan fingerprint density at radius 3 is 2.30 bits per heavy atom. The predicted molar refractivity (Wildman–Crippen MR) is 209 cm³/mol. The van der Waals surface area contributed by atoms with Crippen molar-refractivity contribution in [3.05, 3.63) is 71.4 Å². The van der Waals surface area contributed by atoms with Gasteiger partial charge in [0.25, 0.3) is 6.26 Å². The summed E-state index contributed by atoms with van der Waals surface area (Å²) < 4.78 is 55.8. The lowest BCUT2D eigenvalue weighted by Gasteiger charge is -2.23. The molecule has 0 saturated carbocycles. The van der Waals surface area contributed by atoms with Crippen molar-refractivity contribution in [3.8, 4) is 12.3 Å². The third-order valence-electron chi connectivity index (χ3n) is 9.20. The number of nitrogens with two attached hydrogens (primary N) is 1. The molecule has 2 heterocycles. The van der Waals surface area contributed by atoms with Gasteiger partial charge in [0, 0.05) is 24.3 Å². The van der Waals surface area contributed by atoms with Gasteiger partial charge in [-0.05, 0) is 56.4 Å². The topological polar surface area (TPSA) is 207 Å². The van der Waals surface area contributed by atoms with E-state index >= 15 is 0 Å². The van der Waals surface area contributed by atoms with E-state index in [0.29, 0.717) is 17.8 Å². The molecule has 4 atom stereocenters. The molecule has 3 aromatic rings. The summed E-state index contributed by atoms with van der Waals surface area (Å²) >= 11 is 0. The first-order valence-electron chi connectivity index (χ1n) is 19.6. The molecule has 0 spiro atoms. The Kier molecular flexibility index (Phi) is 22.3. The SMILES string of the molecule is CCCCCCCC/C=C\CCCCCCCCOC[C@H](COP(=O)(O)OC[C@@H](OC#N)[C@@H](O)Cc1ccc2c(N)ncnn12)OCc1ccc(C#N)cc1F. The van der Waals surface area contributed by atoms with Gasteiger partial charge in [-0.2, -0.15) is 15.6 Å². The Labute approximate surface area is 330 Å². The number of hydrogen-bond donors (Lipinski definition) is 3. The van der Waals surface area contributed by atoms with E-state index in [0.717, 1.165) is 38.2 Å². The van der Waals surface area contributed by atoms with Crippen LogP contribution in [0.4, 0.5) is 10.2 Å². The van der Waals surface area contributed by atoms with Gasteiger partial charge < -0.3 is 29.9 Å². The molecular formula is C40H58FN6O8P. The average Bonchev–Trinajstić information content (AvgIpc) is 3.60. The Morgan fingerprint density at radius 1 is 0.946 bits per heavy atom. The van der Waals surface area contributed by atoms with Gasteiger partial charge in [0.1, 0.15) is 23.8 Å². The zero-order valence-corrected chi connectivity index (χ0v) is 33.4. The van der Waals surface area contributed by atoms with Crippen LogP contribution in [0.3, 0.4) is 0 Å². The van der Waals surface area contributed by atoms with Crippen LogP contribution >= 0.6 is 7.82 Å². The fourth-order valence-electron chi connectivity index (χ4n) is 5.93. The van der Waals surface area contributed by atoms with Gasteiger partial charge in [-0.25, -0.2) is 18.5 Å². The van der Waals surface area contributed by atoms with Crippen LogP contribution in [-0.2, 0) is 40.9 Å². The quantitative estimate of drug-likeness (QED) is 0.0245. The van der Waals surface area contributed by atoms with Crippen LogP contribution in [0, 0.1) is 28.7 Å². The minimum atomic E-state index is -4.77. The van der Waals surface area contributed by atoms with Crippen LogP contribution in [0.2, 0.25) is 0 Å². The van der Waals surface area contributed by atoms with Gasteiger partial charge in [0.05, 0.1) is 44.2 Å². The van der Waals surface area contributed by atoms with E-state index in [2.05, 4.69) is 29.2 Å². The monoisotopic (exact) mass is 800 g/mol. The Hall–Kier alpha value is -3.92. The lowest BCUT2D eigenvalue weighted by atomic mass is 10.1. The molecule has 0 aliphatic rings. The van der Waals surface area contributed by atoms with Gasteiger partial charge in [0.15, 0.2) is 11.9 Å². The number of hydrogen-bond acceptors (Lipinski definition) is 12. The Bertz CT molecular complexity index is 1730. The summed E-state index contributed by atoms with van der Waals surface area (Å²) in [6, 6.07) is 9.20. The number of nitriles is 2. The highest BCUT2D eigenvalue weighted by Crippen LogP contribution is 2.43. The average molecular weight is 801 g/mol. The zero-order valence-electron chi connectivity index (χ0n) is 32.5. The molecule has 1 aromatic carbocycles. The molecule has 0 fully saturated rings. The minimum absolute atomic E-state index is 0.0127. The van der Waals surface area contributed by atoms with E-state index in [4.69, 9.17) is 39.5 Å². The van der Waals surface area contributed by atoms with E-state index in [1.807, 2.05) is 6.07 Å². The standard InChI is InChI=1S/C40H58FN6O8P/c1-2-3-4-5-6-7-8-9-10-11-12-13-14-15-16-17-22-51-27-35(52-26-33-19-18-32(25-42)23-36(33)41)28-54-56(49,50)55-29-39(53-30-43)38(48)24-34-20-21-37-40(44)45-31-46-47(34)37/h9-10,18-21,23,31,35,38-39,48H,2-8,11-17,22,24,26-29H2,1H3,(H,49,50)(H2,44,45,46)/b10-9-/t35-,38+,39-/m1/s1. The van der Waals surface area contributed by atoms with Crippen molar-refractivity contribution >= 4 is 19.2 Å². The Balaban J connectivity index is 1.41. The minimum Gasteiger partial charge on any atom is -0.419 e.